The first-order valence-corrected chi connectivity index (χ1v) is 6.20. The average molecular weight is 236 g/mol. The van der Waals surface area contributed by atoms with Gasteiger partial charge < -0.3 is 15.7 Å². The summed E-state index contributed by atoms with van der Waals surface area (Å²) in [6.45, 7) is 5.29. The SMILES string of the molecule is CCNc1cc(NCC(O)C2CC2)nc(C)n1. The minimum atomic E-state index is -0.257. The van der Waals surface area contributed by atoms with Crippen LogP contribution in [0.4, 0.5) is 11.6 Å². The molecule has 94 valence electrons. The number of aliphatic hydroxyl groups is 1. The van der Waals surface area contributed by atoms with Gasteiger partial charge in [0.25, 0.3) is 0 Å². The molecule has 1 aromatic rings. The largest absolute Gasteiger partial charge is 0.391 e. The summed E-state index contributed by atoms with van der Waals surface area (Å²) in [5.41, 5.74) is 0. The highest BCUT2D eigenvalue weighted by atomic mass is 16.3. The average Bonchev–Trinajstić information content (AvgIpc) is 3.09. The number of hydrogen-bond acceptors (Lipinski definition) is 5. The van der Waals surface area contributed by atoms with Crippen molar-refractivity contribution in [2.24, 2.45) is 5.92 Å². The van der Waals surface area contributed by atoms with Crippen molar-refractivity contribution in [1.82, 2.24) is 9.97 Å². The van der Waals surface area contributed by atoms with Crippen molar-refractivity contribution in [2.75, 3.05) is 23.7 Å². The molecule has 0 radical (unpaired) electrons. The molecule has 1 saturated carbocycles. The molecule has 1 aliphatic rings. The van der Waals surface area contributed by atoms with Crippen molar-refractivity contribution in [1.29, 1.82) is 0 Å². The van der Waals surface area contributed by atoms with E-state index in [9.17, 15) is 5.11 Å². The van der Waals surface area contributed by atoms with Gasteiger partial charge in [-0.3, -0.25) is 0 Å². The predicted molar refractivity (Wildman–Crippen MR) is 68.2 cm³/mol. The van der Waals surface area contributed by atoms with Gasteiger partial charge in [0.05, 0.1) is 6.10 Å². The summed E-state index contributed by atoms with van der Waals surface area (Å²) in [6, 6.07) is 1.87. The lowest BCUT2D eigenvalue weighted by molar-refractivity contribution is 0.164. The van der Waals surface area contributed by atoms with Gasteiger partial charge in [-0.25, -0.2) is 9.97 Å². The first kappa shape index (κ1) is 12.1. The topological polar surface area (TPSA) is 70.1 Å². The van der Waals surface area contributed by atoms with Crippen LogP contribution in [0.3, 0.4) is 0 Å². The highest BCUT2D eigenvalue weighted by Gasteiger charge is 2.29. The van der Waals surface area contributed by atoms with Crippen molar-refractivity contribution in [2.45, 2.75) is 32.8 Å². The monoisotopic (exact) mass is 236 g/mol. The number of aryl methyl sites for hydroxylation is 1. The smallest absolute Gasteiger partial charge is 0.131 e. The van der Waals surface area contributed by atoms with E-state index in [1.807, 2.05) is 19.9 Å². The van der Waals surface area contributed by atoms with E-state index < -0.39 is 0 Å². The van der Waals surface area contributed by atoms with Crippen LogP contribution in [0.2, 0.25) is 0 Å². The molecule has 0 aliphatic heterocycles. The van der Waals surface area contributed by atoms with Crippen LogP contribution in [-0.4, -0.2) is 34.3 Å². The van der Waals surface area contributed by atoms with Crippen LogP contribution in [0.5, 0.6) is 0 Å². The Morgan fingerprint density at radius 2 is 2.00 bits per heavy atom. The van der Waals surface area contributed by atoms with E-state index in [4.69, 9.17) is 0 Å². The van der Waals surface area contributed by atoms with E-state index in [-0.39, 0.29) is 6.10 Å². The van der Waals surface area contributed by atoms with E-state index in [2.05, 4.69) is 20.6 Å². The van der Waals surface area contributed by atoms with Gasteiger partial charge in [0.2, 0.25) is 0 Å². The predicted octanol–water partition coefficient (Wildman–Crippen LogP) is 1.40. The molecular formula is C12H20N4O. The number of anilines is 2. The standard InChI is InChI=1S/C12H20N4O/c1-3-13-11-6-12(16-8(2)15-11)14-7-10(17)9-4-5-9/h6,9-10,17H,3-5,7H2,1-2H3,(H2,13,14,15,16). The molecule has 0 aromatic carbocycles. The Morgan fingerprint density at radius 1 is 1.35 bits per heavy atom. The van der Waals surface area contributed by atoms with Crippen LogP contribution in [0, 0.1) is 12.8 Å². The van der Waals surface area contributed by atoms with E-state index >= 15 is 0 Å². The maximum atomic E-state index is 9.77. The number of hydrogen-bond donors (Lipinski definition) is 3. The second-order valence-corrected chi connectivity index (χ2v) is 4.50. The third-order valence-corrected chi connectivity index (χ3v) is 2.85. The van der Waals surface area contributed by atoms with Crippen LogP contribution in [0.15, 0.2) is 6.07 Å². The van der Waals surface area contributed by atoms with Crippen molar-refractivity contribution in [3.63, 3.8) is 0 Å². The molecule has 5 nitrogen and oxygen atoms in total. The number of aliphatic hydroxyl groups excluding tert-OH is 1. The van der Waals surface area contributed by atoms with Crippen molar-refractivity contribution < 1.29 is 5.11 Å². The van der Waals surface area contributed by atoms with Crippen LogP contribution in [-0.2, 0) is 0 Å². The van der Waals surface area contributed by atoms with E-state index in [1.165, 1.54) is 0 Å². The molecule has 1 fully saturated rings. The second-order valence-electron chi connectivity index (χ2n) is 4.50. The fourth-order valence-electron chi connectivity index (χ4n) is 1.79. The number of rotatable bonds is 6. The Kier molecular flexibility index (Phi) is 3.78. The van der Waals surface area contributed by atoms with Crippen LogP contribution >= 0.6 is 0 Å². The first-order valence-electron chi connectivity index (χ1n) is 6.20. The number of nitrogens with one attached hydrogen (secondary N) is 2. The van der Waals surface area contributed by atoms with Gasteiger partial charge in [-0.15, -0.1) is 0 Å². The molecule has 0 saturated heterocycles. The number of aromatic nitrogens is 2. The van der Waals surface area contributed by atoms with Gasteiger partial charge >= 0.3 is 0 Å². The minimum absolute atomic E-state index is 0.257. The zero-order valence-corrected chi connectivity index (χ0v) is 10.4. The van der Waals surface area contributed by atoms with Crippen molar-refractivity contribution in [3.8, 4) is 0 Å². The maximum Gasteiger partial charge on any atom is 0.131 e. The maximum absolute atomic E-state index is 9.77. The molecule has 1 heterocycles. The zero-order valence-electron chi connectivity index (χ0n) is 10.4. The molecule has 3 N–H and O–H groups in total. The first-order chi connectivity index (χ1) is 8.19. The summed E-state index contributed by atoms with van der Waals surface area (Å²) in [5, 5.41) is 16.1. The van der Waals surface area contributed by atoms with Gasteiger partial charge in [-0.2, -0.15) is 0 Å². The summed E-state index contributed by atoms with van der Waals surface area (Å²) in [5.74, 6) is 2.81. The summed E-state index contributed by atoms with van der Waals surface area (Å²) < 4.78 is 0. The summed E-state index contributed by atoms with van der Waals surface area (Å²) in [6.07, 6.45) is 2.04. The number of nitrogens with zero attached hydrogens (tertiary/aromatic N) is 2. The lowest BCUT2D eigenvalue weighted by Gasteiger charge is -2.12. The van der Waals surface area contributed by atoms with Gasteiger partial charge in [0.1, 0.15) is 17.5 Å². The Labute approximate surface area is 102 Å². The second kappa shape index (κ2) is 5.31. The molecule has 5 heteroatoms. The van der Waals surface area contributed by atoms with Gasteiger partial charge in [0, 0.05) is 19.2 Å². The Bertz CT molecular complexity index is 379. The highest BCUT2D eigenvalue weighted by Crippen LogP contribution is 2.32. The molecule has 0 bridgehead atoms. The van der Waals surface area contributed by atoms with Crippen LogP contribution < -0.4 is 10.6 Å². The minimum Gasteiger partial charge on any atom is -0.391 e. The Balaban J connectivity index is 1.94. The van der Waals surface area contributed by atoms with E-state index in [0.29, 0.717) is 12.5 Å². The Morgan fingerprint density at radius 3 is 2.59 bits per heavy atom. The fourth-order valence-corrected chi connectivity index (χ4v) is 1.79. The van der Waals surface area contributed by atoms with Crippen LogP contribution in [0.25, 0.3) is 0 Å². The Hall–Kier alpha value is -1.36. The lowest BCUT2D eigenvalue weighted by Crippen LogP contribution is -2.22. The molecule has 1 aliphatic carbocycles. The molecule has 17 heavy (non-hydrogen) atoms. The third-order valence-electron chi connectivity index (χ3n) is 2.85. The molecule has 1 atom stereocenters. The lowest BCUT2D eigenvalue weighted by atomic mass is 10.2. The van der Waals surface area contributed by atoms with Gasteiger partial charge in [-0.05, 0) is 32.6 Å². The molecule has 0 spiro atoms. The van der Waals surface area contributed by atoms with Gasteiger partial charge in [-0.1, -0.05) is 0 Å². The van der Waals surface area contributed by atoms with Gasteiger partial charge in [0.15, 0.2) is 0 Å². The van der Waals surface area contributed by atoms with E-state index in [1.54, 1.807) is 0 Å². The summed E-state index contributed by atoms with van der Waals surface area (Å²) >= 11 is 0. The molecular weight excluding hydrogens is 216 g/mol. The van der Waals surface area contributed by atoms with Crippen molar-refractivity contribution >= 4 is 11.6 Å². The highest BCUT2D eigenvalue weighted by molar-refractivity contribution is 5.47. The molecule has 1 unspecified atom stereocenters. The summed E-state index contributed by atoms with van der Waals surface area (Å²) in [7, 11) is 0. The van der Waals surface area contributed by atoms with Crippen LogP contribution in [0.1, 0.15) is 25.6 Å². The normalized spacial score (nSPS) is 16.6. The molecule has 2 rings (SSSR count). The zero-order chi connectivity index (χ0) is 12.3. The fraction of sp³-hybridized carbons (Fsp3) is 0.667. The third kappa shape index (κ3) is 3.56. The van der Waals surface area contributed by atoms with E-state index in [0.717, 1.165) is 36.8 Å². The quantitative estimate of drug-likeness (QED) is 0.696. The molecule has 1 aromatic heterocycles. The summed E-state index contributed by atoms with van der Waals surface area (Å²) in [4.78, 5) is 8.57. The molecule has 0 amide bonds. The van der Waals surface area contributed by atoms with Crippen molar-refractivity contribution in [3.05, 3.63) is 11.9 Å².